The number of hydrogen-bond donors (Lipinski definition) is 7. The zero-order valence-electron chi connectivity index (χ0n) is 20.0. The van der Waals surface area contributed by atoms with E-state index in [0.29, 0.717) is 25.1 Å². The molecule has 196 valence electrons. The van der Waals surface area contributed by atoms with Gasteiger partial charge in [-0.3, -0.25) is 19.2 Å². The number of carbonyl (C=O) groups excluding carboxylic acids is 3. The Kier molecular flexibility index (Phi) is 15.9. The number of amides is 3. The first-order valence-electron chi connectivity index (χ1n) is 11.2. The lowest BCUT2D eigenvalue weighted by molar-refractivity contribution is -0.142. The summed E-state index contributed by atoms with van der Waals surface area (Å²) < 4.78 is 0. The molecule has 34 heavy (non-hydrogen) atoms. The predicted molar refractivity (Wildman–Crippen MR) is 129 cm³/mol. The maximum absolute atomic E-state index is 12.9. The average Bonchev–Trinajstić information content (AvgIpc) is 2.76. The van der Waals surface area contributed by atoms with Gasteiger partial charge in [-0.05, 0) is 56.6 Å². The van der Waals surface area contributed by atoms with E-state index in [4.69, 9.17) is 16.6 Å². The molecule has 0 aliphatic heterocycles. The van der Waals surface area contributed by atoms with Gasteiger partial charge < -0.3 is 37.6 Å². The number of hydrogen-bond acceptors (Lipinski definition) is 8. The fourth-order valence-electron chi connectivity index (χ4n) is 2.99. The van der Waals surface area contributed by atoms with E-state index in [0.717, 1.165) is 0 Å². The van der Waals surface area contributed by atoms with Crippen LogP contribution >= 0.6 is 11.8 Å². The number of carboxylic acid groups (broad SMARTS) is 2. The van der Waals surface area contributed by atoms with E-state index < -0.39 is 53.8 Å². The van der Waals surface area contributed by atoms with Crippen LogP contribution in [0.3, 0.4) is 0 Å². The van der Waals surface area contributed by atoms with Gasteiger partial charge in [-0.25, -0.2) is 4.79 Å². The molecule has 0 rings (SSSR count). The quantitative estimate of drug-likeness (QED) is 0.116. The zero-order valence-corrected chi connectivity index (χ0v) is 20.9. The molecule has 0 aromatic carbocycles. The van der Waals surface area contributed by atoms with Gasteiger partial charge in [-0.15, -0.1) is 0 Å². The Morgan fingerprint density at radius 3 is 1.97 bits per heavy atom. The number of unbranched alkanes of at least 4 members (excludes halogenated alkanes) is 1. The molecule has 0 aliphatic rings. The third kappa shape index (κ3) is 12.8. The van der Waals surface area contributed by atoms with E-state index >= 15 is 0 Å². The van der Waals surface area contributed by atoms with E-state index in [1.807, 2.05) is 6.26 Å². The summed E-state index contributed by atoms with van der Waals surface area (Å²) in [5, 5.41) is 25.8. The molecule has 0 aromatic rings. The van der Waals surface area contributed by atoms with Crippen LogP contribution < -0.4 is 27.4 Å². The maximum Gasteiger partial charge on any atom is 0.326 e. The smallest absolute Gasteiger partial charge is 0.326 e. The second kappa shape index (κ2) is 17.1. The van der Waals surface area contributed by atoms with E-state index in [-0.39, 0.29) is 31.6 Å². The highest BCUT2D eigenvalue weighted by atomic mass is 32.2. The Morgan fingerprint density at radius 1 is 0.853 bits per heavy atom. The summed E-state index contributed by atoms with van der Waals surface area (Å²) in [4.78, 5) is 60.3. The maximum atomic E-state index is 12.9. The van der Waals surface area contributed by atoms with E-state index in [1.54, 1.807) is 13.8 Å². The van der Waals surface area contributed by atoms with Gasteiger partial charge >= 0.3 is 11.9 Å². The van der Waals surface area contributed by atoms with Crippen molar-refractivity contribution in [3.63, 3.8) is 0 Å². The van der Waals surface area contributed by atoms with E-state index in [9.17, 15) is 29.1 Å². The van der Waals surface area contributed by atoms with Crippen molar-refractivity contribution in [2.45, 2.75) is 76.5 Å². The van der Waals surface area contributed by atoms with Crippen LogP contribution in [-0.2, 0) is 24.0 Å². The van der Waals surface area contributed by atoms with Crippen LogP contribution in [0.5, 0.6) is 0 Å². The first-order valence-corrected chi connectivity index (χ1v) is 12.6. The summed E-state index contributed by atoms with van der Waals surface area (Å²) >= 11 is 1.46. The van der Waals surface area contributed by atoms with Gasteiger partial charge in [0.05, 0.1) is 6.04 Å². The molecule has 0 radical (unpaired) electrons. The average molecular weight is 506 g/mol. The number of rotatable bonds is 18. The Morgan fingerprint density at radius 2 is 1.47 bits per heavy atom. The number of nitrogens with two attached hydrogens (primary N) is 2. The monoisotopic (exact) mass is 505 g/mol. The largest absolute Gasteiger partial charge is 0.481 e. The third-order valence-electron chi connectivity index (χ3n) is 5.06. The fraction of sp³-hybridized carbons (Fsp3) is 0.762. The second-order valence-electron chi connectivity index (χ2n) is 8.30. The van der Waals surface area contributed by atoms with Crippen LogP contribution in [0.4, 0.5) is 0 Å². The van der Waals surface area contributed by atoms with Gasteiger partial charge in [0, 0.05) is 6.42 Å². The Labute approximate surface area is 204 Å². The molecule has 9 N–H and O–H groups in total. The van der Waals surface area contributed by atoms with Crippen LogP contribution in [0.15, 0.2) is 0 Å². The van der Waals surface area contributed by atoms with Crippen molar-refractivity contribution in [1.82, 2.24) is 16.0 Å². The topological polar surface area (TPSA) is 214 Å². The molecule has 3 amide bonds. The van der Waals surface area contributed by atoms with Crippen molar-refractivity contribution >= 4 is 41.4 Å². The van der Waals surface area contributed by atoms with Crippen LogP contribution in [0.1, 0.15) is 52.4 Å². The van der Waals surface area contributed by atoms with Crippen LogP contribution in [0.2, 0.25) is 0 Å². The molecular formula is C21H39N5O7S. The number of aliphatic carboxylic acids is 2. The zero-order chi connectivity index (χ0) is 26.3. The summed E-state index contributed by atoms with van der Waals surface area (Å²) in [6.45, 7) is 3.80. The summed E-state index contributed by atoms with van der Waals surface area (Å²) in [5.74, 6) is -4.02. The van der Waals surface area contributed by atoms with Crippen LogP contribution in [0.25, 0.3) is 0 Å². The minimum absolute atomic E-state index is 0.0902. The molecule has 0 aliphatic carbocycles. The first-order chi connectivity index (χ1) is 15.9. The highest BCUT2D eigenvalue weighted by Crippen LogP contribution is 2.08. The van der Waals surface area contributed by atoms with Crippen molar-refractivity contribution in [2.75, 3.05) is 18.6 Å². The lowest BCUT2D eigenvalue weighted by Crippen LogP contribution is -2.58. The van der Waals surface area contributed by atoms with Crippen molar-refractivity contribution in [2.24, 2.45) is 17.4 Å². The number of nitrogens with one attached hydrogen (secondary N) is 3. The Bertz CT molecular complexity index is 692. The summed E-state index contributed by atoms with van der Waals surface area (Å²) in [6, 6.07) is -4.24. The van der Waals surface area contributed by atoms with Gasteiger partial charge in [-0.2, -0.15) is 11.8 Å². The van der Waals surface area contributed by atoms with Crippen molar-refractivity contribution < 1.29 is 34.2 Å². The number of thioether (sulfide) groups is 1. The standard InChI is InChI=1S/C21H39N5O7S/c1-12(2)17(26-18(29)13(23)7-8-16(27)28)20(31)24-14(9-11-34-3)19(30)25-15(21(32)33)6-4-5-10-22/h12-15,17H,4-11,22-23H2,1-3H3,(H,24,31)(H,25,30)(H,26,29)(H,27,28)(H,32,33). The van der Waals surface area contributed by atoms with Gasteiger partial charge in [0.25, 0.3) is 0 Å². The molecule has 4 unspecified atom stereocenters. The van der Waals surface area contributed by atoms with Gasteiger partial charge in [0.2, 0.25) is 17.7 Å². The summed E-state index contributed by atoms with van der Waals surface area (Å²) in [7, 11) is 0. The summed E-state index contributed by atoms with van der Waals surface area (Å²) in [6.07, 6.45) is 3.06. The van der Waals surface area contributed by atoms with Crippen molar-refractivity contribution in [3.05, 3.63) is 0 Å². The van der Waals surface area contributed by atoms with E-state index in [2.05, 4.69) is 16.0 Å². The molecule has 13 heteroatoms. The van der Waals surface area contributed by atoms with Gasteiger partial charge in [0.15, 0.2) is 0 Å². The highest BCUT2D eigenvalue weighted by molar-refractivity contribution is 7.98. The van der Waals surface area contributed by atoms with Gasteiger partial charge in [0.1, 0.15) is 18.1 Å². The molecule has 0 fully saturated rings. The predicted octanol–water partition coefficient (Wildman–Crippen LogP) is -0.744. The lowest BCUT2D eigenvalue weighted by Gasteiger charge is -2.27. The normalized spacial score (nSPS) is 14.5. The first kappa shape index (κ1) is 31.6. The number of carboxylic acids is 2. The third-order valence-corrected chi connectivity index (χ3v) is 5.70. The van der Waals surface area contributed by atoms with Crippen molar-refractivity contribution in [1.29, 1.82) is 0 Å². The minimum Gasteiger partial charge on any atom is -0.481 e. The van der Waals surface area contributed by atoms with Gasteiger partial charge in [-0.1, -0.05) is 13.8 Å². The molecular weight excluding hydrogens is 466 g/mol. The van der Waals surface area contributed by atoms with Crippen molar-refractivity contribution in [3.8, 4) is 0 Å². The van der Waals surface area contributed by atoms with Crippen LogP contribution in [0, 0.1) is 5.92 Å². The molecule has 0 aromatic heterocycles. The molecule has 0 bridgehead atoms. The Hall–Kier alpha value is -2.38. The van der Waals surface area contributed by atoms with E-state index in [1.165, 1.54) is 11.8 Å². The SMILES string of the molecule is CSCCC(NC(=O)C(NC(=O)C(N)CCC(=O)O)C(C)C)C(=O)NC(CCCCN)C(=O)O. The molecule has 0 spiro atoms. The summed E-state index contributed by atoms with van der Waals surface area (Å²) in [5.41, 5.74) is 11.2. The molecule has 0 saturated heterocycles. The molecule has 0 heterocycles. The Balaban J connectivity index is 5.31. The lowest BCUT2D eigenvalue weighted by atomic mass is 10.0. The molecule has 4 atom stereocenters. The minimum atomic E-state index is -1.18. The number of carbonyl (C=O) groups is 5. The molecule has 12 nitrogen and oxygen atoms in total. The molecule has 0 saturated carbocycles. The van der Waals surface area contributed by atoms with Crippen LogP contribution in [-0.4, -0.2) is 82.6 Å². The fourth-order valence-corrected chi connectivity index (χ4v) is 3.47. The highest BCUT2D eigenvalue weighted by Gasteiger charge is 2.31. The second-order valence-corrected chi connectivity index (χ2v) is 9.28.